The van der Waals surface area contributed by atoms with Gasteiger partial charge in [-0.25, -0.2) is 0 Å². The Morgan fingerprint density at radius 3 is 1.91 bits per heavy atom. The Balaban J connectivity index is 1.48. The first kappa shape index (κ1) is 33.5. The zero-order valence-corrected chi connectivity index (χ0v) is 29.1. The summed E-state index contributed by atoms with van der Waals surface area (Å²) in [5, 5.41) is 0. The summed E-state index contributed by atoms with van der Waals surface area (Å²) < 4.78 is 12.7. The van der Waals surface area contributed by atoms with Crippen molar-refractivity contribution in [2.75, 3.05) is 0 Å². The molecular formula is C40H62O4. The fraction of sp³-hybridized carbons (Fsp3) is 0.800. The number of hydrogen-bond acceptors (Lipinski definition) is 4. The second kappa shape index (κ2) is 11.8. The normalized spacial score (nSPS) is 45.5. The van der Waals surface area contributed by atoms with Crippen molar-refractivity contribution < 1.29 is 19.1 Å². The Kier molecular flexibility index (Phi) is 8.95. The molecule has 0 radical (unpaired) electrons. The van der Waals surface area contributed by atoms with Crippen LogP contribution >= 0.6 is 0 Å². The Morgan fingerprint density at radius 2 is 1.32 bits per heavy atom. The van der Waals surface area contributed by atoms with Crippen molar-refractivity contribution in [1.29, 1.82) is 0 Å². The average Bonchev–Trinajstić information content (AvgIpc) is 3.31. The van der Waals surface area contributed by atoms with Gasteiger partial charge in [-0.2, -0.15) is 0 Å². The van der Waals surface area contributed by atoms with Gasteiger partial charge in [-0.05, 0) is 123 Å². The average molecular weight is 607 g/mol. The van der Waals surface area contributed by atoms with Crippen molar-refractivity contribution in [2.24, 2.45) is 56.7 Å². The maximum absolute atomic E-state index is 13.2. The molecule has 0 N–H and O–H groups in total. The molecule has 5 saturated carbocycles. The highest BCUT2D eigenvalue weighted by molar-refractivity contribution is 5.70. The highest BCUT2D eigenvalue weighted by Crippen LogP contribution is 2.77. The number of fused-ring (bicyclic) bond motifs is 7. The predicted octanol–water partition coefficient (Wildman–Crippen LogP) is 10.0. The molecule has 11 atom stereocenters. The maximum Gasteiger partial charge on any atom is 0.306 e. The number of carbonyl (C=O) groups is 2. The molecule has 0 bridgehead atoms. The van der Waals surface area contributed by atoms with Gasteiger partial charge < -0.3 is 9.47 Å². The third-order valence-corrected chi connectivity index (χ3v) is 15.1. The second-order valence-electron chi connectivity index (χ2n) is 17.4. The maximum atomic E-state index is 13.2. The molecule has 0 aromatic rings. The van der Waals surface area contributed by atoms with Crippen LogP contribution in [0, 0.1) is 56.7 Å². The molecule has 0 amide bonds. The van der Waals surface area contributed by atoms with Crippen LogP contribution in [0.4, 0.5) is 0 Å². The fourth-order valence-electron chi connectivity index (χ4n) is 12.7. The molecule has 0 aromatic carbocycles. The molecule has 5 rings (SSSR count). The van der Waals surface area contributed by atoms with Crippen molar-refractivity contribution in [3.05, 3.63) is 37.5 Å². The second-order valence-corrected chi connectivity index (χ2v) is 17.4. The van der Waals surface area contributed by atoms with E-state index >= 15 is 0 Å². The number of ether oxygens (including phenoxy) is 2. The Hall–Kier alpha value is -1.84. The van der Waals surface area contributed by atoms with Gasteiger partial charge in [0.1, 0.15) is 12.2 Å². The first-order valence-corrected chi connectivity index (χ1v) is 17.9. The Labute approximate surface area is 268 Å². The van der Waals surface area contributed by atoms with Gasteiger partial charge in [0.05, 0.1) is 0 Å². The third kappa shape index (κ3) is 4.98. The predicted molar refractivity (Wildman–Crippen MR) is 179 cm³/mol. The van der Waals surface area contributed by atoms with Crippen molar-refractivity contribution in [1.82, 2.24) is 0 Å². The summed E-state index contributed by atoms with van der Waals surface area (Å²) in [5.41, 5.74) is 1.66. The monoisotopic (exact) mass is 606 g/mol. The molecule has 44 heavy (non-hydrogen) atoms. The SMILES string of the molecule is C=CCCC(=O)O[C@H]1CC[C@]2(C)[C@H]3CC[C@@H]4[C@H]5[C@H](C(=C)C)CC[C@]5(C)[C@@H](OC(=O)CCC=C)C[C@@]4(C)[C@]3(C)CC[C@H]2C1(C)C. The van der Waals surface area contributed by atoms with Gasteiger partial charge in [-0.3, -0.25) is 9.59 Å². The fourth-order valence-corrected chi connectivity index (χ4v) is 12.7. The summed E-state index contributed by atoms with van der Waals surface area (Å²) in [4.78, 5) is 25.9. The first-order valence-electron chi connectivity index (χ1n) is 17.9. The molecule has 5 aliphatic carbocycles. The topological polar surface area (TPSA) is 52.6 Å². The number of hydrogen-bond donors (Lipinski definition) is 0. The molecule has 4 heteroatoms. The zero-order valence-electron chi connectivity index (χ0n) is 29.1. The van der Waals surface area contributed by atoms with Gasteiger partial charge >= 0.3 is 11.9 Å². The van der Waals surface area contributed by atoms with Gasteiger partial charge in [0, 0.05) is 23.7 Å². The van der Waals surface area contributed by atoms with Crippen LogP contribution in [-0.4, -0.2) is 24.1 Å². The van der Waals surface area contributed by atoms with E-state index in [1.165, 1.54) is 24.8 Å². The first-order chi connectivity index (χ1) is 20.6. The van der Waals surface area contributed by atoms with Crippen LogP contribution in [0.5, 0.6) is 0 Å². The molecule has 0 aliphatic heterocycles. The molecule has 0 unspecified atom stereocenters. The van der Waals surface area contributed by atoms with E-state index in [2.05, 4.69) is 68.2 Å². The molecule has 5 fully saturated rings. The molecule has 5 aliphatic rings. The van der Waals surface area contributed by atoms with Crippen molar-refractivity contribution in [3.63, 3.8) is 0 Å². The lowest BCUT2D eigenvalue weighted by atomic mass is 9.32. The molecule has 0 saturated heterocycles. The summed E-state index contributed by atoms with van der Waals surface area (Å²) in [5.74, 6) is 2.57. The van der Waals surface area contributed by atoms with Crippen molar-refractivity contribution in [2.45, 2.75) is 144 Å². The number of rotatable bonds is 9. The smallest absolute Gasteiger partial charge is 0.306 e. The number of allylic oxidation sites excluding steroid dienone is 3. The molecule has 0 aromatic heterocycles. The Morgan fingerprint density at radius 1 is 0.727 bits per heavy atom. The van der Waals surface area contributed by atoms with E-state index in [4.69, 9.17) is 9.47 Å². The van der Waals surface area contributed by atoms with Crippen LogP contribution in [0.25, 0.3) is 0 Å². The van der Waals surface area contributed by atoms with Crippen LogP contribution in [0.15, 0.2) is 37.5 Å². The lowest BCUT2D eigenvalue weighted by Gasteiger charge is -2.73. The minimum absolute atomic E-state index is 0.00252. The molecule has 0 heterocycles. The van der Waals surface area contributed by atoms with Crippen LogP contribution in [0.1, 0.15) is 132 Å². The standard InChI is InChI=1S/C40H62O4/c1-11-13-15-33(41)43-31-21-23-37(7)29(36(31,5)6)20-24-39(9)30(37)18-17-28-35-27(26(3)4)19-22-38(35,8)32(25-40(28,39)10)44-34(42)16-14-12-2/h11-12,27-32,35H,1-3,13-25H2,4-10H3/t27-,28+,29-,30+,31-,32-,35+,37-,38+,39+,40+/m0/s1. The van der Waals surface area contributed by atoms with Crippen LogP contribution in [-0.2, 0) is 19.1 Å². The van der Waals surface area contributed by atoms with E-state index in [-0.39, 0.29) is 51.2 Å². The quantitative estimate of drug-likeness (QED) is 0.194. The molecule has 0 spiro atoms. The van der Waals surface area contributed by atoms with E-state index in [1.807, 2.05) is 6.08 Å². The van der Waals surface area contributed by atoms with Crippen LogP contribution in [0.2, 0.25) is 0 Å². The number of esters is 2. The summed E-state index contributed by atoms with van der Waals surface area (Å²) in [6.45, 7) is 29.4. The molecule has 246 valence electrons. The van der Waals surface area contributed by atoms with E-state index in [0.717, 1.165) is 38.5 Å². The summed E-state index contributed by atoms with van der Waals surface area (Å²) in [6.07, 6.45) is 15.9. The largest absolute Gasteiger partial charge is 0.462 e. The lowest BCUT2D eigenvalue weighted by Crippen LogP contribution is -2.68. The molecular weight excluding hydrogens is 544 g/mol. The minimum atomic E-state index is -0.0807. The van der Waals surface area contributed by atoms with E-state index in [9.17, 15) is 9.59 Å². The lowest BCUT2D eigenvalue weighted by molar-refractivity contribution is -0.265. The van der Waals surface area contributed by atoms with Gasteiger partial charge in [-0.1, -0.05) is 65.8 Å². The van der Waals surface area contributed by atoms with Gasteiger partial charge in [-0.15, -0.1) is 13.2 Å². The van der Waals surface area contributed by atoms with Crippen molar-refractivity contribution >= 4 is 11.9 Å². The summed E-state index contributed by atoms with van der Waals surface area (Å²) >= 11 is 0. The van der Waals surface area contributed by atoms with Crippen LogP contribution in [0.3, 0.4) is 0 Å². The van der Waals surface area contributed by atoms with Gasteiger partial charge in [0.25, 0.3) is 0 Å². The van der Waals surface area contributed by atoms with Crippen LogP contribution < -0.4 is 0 Å². The zero-order chi connectivity index (χ0) is 32.3. The van der Waals surface area contributed by atoms with E-state index < -0.39 is 0 Å². The molecule has 4 nitrogen and oxygen atoms in total. The number of carbonyl (C=O) groups excluding carboxylic acids is 2. The van der Waals surface area contributed by atoms with E-state index in [1.54, 1.807) is 6.08 Å². The summed E-state index contributed by atoms with van der Waals surface area (Å²) in [6, 6.07) is 0. The van der Waals surface area contributed by atoms with E-state index in [0.29, 0.717) is 55.3 Å². The highest BCUT2D eigenvalue weighted by Gasteiger charge is 2.72. The summed E-state index contributed by atoms with van der Waals surface area (Å²) in [7, 11) is 0. The third-order valence-electron chi connectivity index (χ3n) is 15.1. The Bertz CT molecular complexity index is 1170. The highest BCUT2D eigenvalue weighted by atomic mass is 16.5. The van der Waals surface area contributed by atoms with Gasteiger partial charge in [0.15, 0.2) is 0 Å². The van der Waals surface area contributed by atoms with Gasteiger partial charge in [0.2, 0.25) is 0 Å². The van der Waals surface area contributed by atoms with Crippen molar-refractivity contribution in [3.8, 4) is 0 Å². The minimum Gasteiger partial charge on any atom is -0.462 e.